The number of imidazole rings is 1. The van der Waals surface area contributed by atoms with Crippen LogP contribution in [0.15, 0.2) is 12.1 Å². The number of fused-ring (bicyclic) bond motifs is 1. The Morgan fingerprint density at radius 3 is 2.40 bits per heavy atom. The Morgan fingerprint density at radius 2 is 1.85 bits per heavy atom. The van der Waals surface area contributed by atoms with Crippen molar-refractivity contribution < 1.29 is 14.2 Å². The average molecular weight is 296 g/mol. The molecule has 0 saturated carbocycles. The summed E-state index contributed by atoms with van der Waals surface area (Å²) in [6.45, 7) is 2.73. The molecule has 1 unspecified atom stereocenters. The van der Waals surface area contributed by atoms with E-state index in [0.29, 0.717) is 22.9 Å². The van der Waals surface area contributed by atoms with Crippen molar-refractivity contribution in [1.82, 2.24) is 9.55 Å². The van der Waals surface area contributed by atoms with Gasteiger partial charge in [-0.2, -0.15) is 0 Å². The van der Waals surface area contributed by atoms with Crippen molar-refractivity contribution in [2.45, 2.75) is 19.4 Å². The maximum absolute atomic E-state index is 5.44. The van der Waals surface area contributed by atoms with Gasteiger partial charge in [0.05, 0.1) is 37.9 Å². The van der Waals surface area contributed by atoms with Gasteiger partial charge < -0.3 is 23.8 Å². The quantitative estimate of drug-likeness (QED) is 0.831. The highest BCUT2D eigenvalue weighted by Crippen LogP contribution is 2.33. The van der Waals surface area contributed by atoms with Gasteiger partial charge in [0.25, 0.3) is 0 Å². The maximum Gasteiger partial charge on any atom is 0.178 e. The Balaban J connectivity index is 2.66. The predicted octanol–water partition coefficient (Wildman–Crippen LogP) is 3.31. The lowest BCUT2D eigenvalue weighted by Gasteiger charge is -2.17. The van der Waals surface area contributed by atoms with E-state index in [0.717, 1.165) is 17.5 Å². The Kier molecular flexibility index (Phi) is 4.67. The zero-order valence-electron chi connectivity index (χ0n) is 12.2. The molecule has 2 rings (SSSR count). The van der Waals surface area contributed by atoms with Gasteiger partial charge in [-0.1, -0.05) is 6.92 Å². The molecule has 0 bridgehead atoms. The number of methoxy groups -OCH3 is 3. The smallest absolute Gasteiger partial charge is 0.178 e. The van der Waals surface area contributed by atoms with Gasteiger partial charge in [-0.05, 0) is 18.6 Å². The fraction of sp³-hybridized carbons (Fsp3) is 0.500. The lowest BCUT2D eigenvalue weighted by Crippen LogP contribution is -2.13. The van der Waals surface area contributed by atoms with Gasteiger partial charge in [-0.25, -0.2) is 0 Å². The first-order valence-electron chi connectivity index (χ1n) is 6.51. The molecule has 0 saturated heterocycles. The number of H-pyrrole nitrogens is 1. The molecule has 20 heavy (non-hydrogen) atoms. The first kappa shape index (κ1) is 14.9. The number of benzene rings is 1. The third-order valence-electron chi connectivity index (χ3n) is 3.42. The molecule has 1 N–H and O–H groups in total. The summed E-state index contributed by atoms with van der Waals surface area (Å²) < 4.78 is 18.7. The van der Waals surface area contributed by atoms with E-state index in [1.165, 1.54) is 0 Å². The highest BCUT2D eigenvalue weighted by atomic mass is 32.1. The summed E-state index contributed by atoms with van der Waals surface area (Å²) in [5, 5.41) is 0. The molecular formula is C14H20N2O3S. The van der Waals surface area contributed by atoms with Gasteiger partial charge in [0.15, 0.2) is 16.3 Å². The summed E-state index contributed by atoms with van der Waals surface area (Å²) >= 11 is 5.44. The molecule has 1 aromatic heterocycles. The van der Waals surface area contributed by atoms with Crippen LogP contribution in [0.3, 0.4) is 0 Å². The minimum atomic E-state index is 0.194. The Bertz CT molecular complexity index is 648. The summed E-state index contributed by atoms with van der Waals surface area (Å²) in [6, 6.07) is 4.04. The molecule has 2 aromatic rings. The van der Waals surface area contributed by atoms with E-state index in [-0.39, 0.29) is 6.04 Å². The van der Waals surface area contributed by atoms with E-state index in [1.54, 1.807) is 21.3 Å². The molecule has 0 aliphatic heterocycles. The number of nitrogens with zero attached hydrogens (tertiary/aromatic N) is 1. The number of hydrogen-bond acceptors (Lipinski definition) is 4. The van der Waals surface area contributed by atoms with Gasteiger partial charge in [0.1, 0.15) is 0 Å². The van der Waals surface area contributed by atoms with Crippen molar-refractivity contribution in [3.63, 3.8) is 0 Å². The van der Waals surface area contributed by atoms with Crippen LogP contribution in [0.25, 0.3) is 11.0 Å². The lowest BCUT2D eigenvalue weighted by atomic mass is 10.2. The van der Waals surface area contributed by atoms with Gasteiger partial charge in [-0.3, -0.25) is 0 Å². The van der Waals surface area contributed by atoms with Crippen molar-refractivity contribution >= 4 is 23.3 Å². The fourth-order valence-electron chi connectivity index (χ4n) is 2.38. The number of rotatable bonds is 6. The minimum absolute atomic E-state index is 0.194. The van der Waals surface area contributed by atoms with Crippen LogP contribution in [0.4, 0.5) is 0 Å². The van der Waals surface area contributed by atoms with E-state index < -0.39 is 0 Å². The molecule has 6 heteroatoms. The first-order valence-corrected chi connectivity index (χ1v) is 6.92. The van der Waals surface area contributed by atoms with Crippen molar-refractivity contribution in [3.8, 4) is 11.5 Å². The molecule has 0 fully saturated rings. The molecule has 1 heterocycles. The SMILES string of the molecule is CCC(COC)n1c(=S)[nH]c2cc(OC)c(OC)cc21. The second kappa shape index (κ2) is 6.28. The summed E-state index contributed by atoms with van der Waals surface area (Å²) in [4.78, 5) is 3.21. The minimum Gasteiger partial charge on any atom is -0.493 e. The monoisotopic (exact) mass is 296 g/mol. The number of aromatic nitrogens is 2. The second-order valence-corrected chi connectivity index (χ2v) is 4.93. The summed E-state index contributed by atoms with van der Waals surface area (Å²) in [7, 11) is 4.95. The highest BCUT2D eigenvalue weighted by molar-refractivity contribution is 7.71. The Morgan fingerprint density at radius 1 is 1.20 bits per heavy atom. The Labute approximate surface area is 123 Å². The molecule has 0 aliphatic rings. The van der Waals surface area contributed by atoms with Gasteiger partial charge >= 0.3 is 0 Å². The largest absolute Gasteiger partial charge is 0.493 e. The van der Waals surface area contributed by atoms with Crippen molar-refractivity contribution in [1.29, 1.82) is 0 Å². The standard InChI is InChI=1S/C14H20N2O3S/c1-5-9(8-17-2)16-11-7-13(19-4)12(18-3)6-10(11)15-14(16)20/h6-7,9H,5,8H2,1-4H3,(H,15,20). The third-order valence-corrected chi connectivity index (χ3v) is 3.72. The van der Waals surface area contributed by atoms with E-state index in [9.17, 15) is 0 Å². The predicted molar refractivity (Wildman–Crippen MR) is 81.4 cm³/mol. The average Bonchev–Trinajstić information content (AvgIpc) is 2.78. The molecule has 0 amide bonds. The third kappa shape index (κ3) is 2.53. The van der Waals surface area contributed by atoms with E-state index in [2.05, 4.69) is 16.5 Å². The summed E-state index contributed by atoms with van der Waals surface area (Å²) in [5.41, 5.74) is 1.93. The molecule has 0 radical (unpaired) electrons. The van der Waals surface area contributed by atoms with Crippen LogP contribution >= 0.6 is 12.2 Å². The molecule has 5 nitrogen and oxygen atoms in total. The van der Waals surface area contributed by atoms with Gasteiger partial charge in [0.2, 0.25) is 0 Å². The van der Waals surface area contributed by atoms with Crippen molar-refractivity contribution in [3.05, 3.63) is 16.9 Å². The number of hydrogen-bond donors (Lipinski definition) is 1. The van der Waals surface area contributed by atoms with Crippen LogP contribution in [-0.4, -0.2) is 37.5 Å². The maximum atomic E-state index is 5.44. The molecule has 110 valence electrons. The molecule has 0 spiro atoms. The topological polar surface area (TPSA) is 48.4 Å². The van der Waals surface area contributed by atoms with Crippen molar-refractivity contribution in [2.24, 2.45) is 0 Å². The van der Waals surface area contributed by atoms with Crippen LogP contribution in [0.1, 0.15) is 19.4 Å². The molecule has 1 atom stereocenters. The van der Waals surface area contributed by atoms with E-state index in [4.69, 9.17) is 26.4 Å². The molecule has 0 aliphatic carbocycles. The molecule has 1 aromatic carbocycles. The van der Waals surface area contributed by atoms with Crippen molar-refractivity contribution in [2.75, 3.05) is 27.9 Å². The van der Waals surface area contributed by atoms with Crippen LogP contribution in [-0.2, 0) is 4.74 Å². The lowest BCUT2D eigenvalue weighted by molar-refractivity contribution is 0.154. The fourth-order valence-corrected chi connectivity index (χ4v) is 2.74. The first-order chi connectivity index (χ1) is 9.65. The van der Waals surface area contributed by atoms with Crippen LogP contribution in [0.5, 0.6) is 11.5 Å². The highest BCUT2D eigenvalue weighted by Gasteiger charge is 2.16. The normalized spacial score (nSPS) is 12.6. The van der Waals surface area contributed by atoms with E-state index in [1.807, 2.05) is 12.1 Å². The number of aromatic amines is 1. The number of nitrogens with one attached hydrogen (secondary N) is 1. The zero-order chi connectivity index (χ0) is 14.7. The second-order valence-electron chi connectivity index (χ2n) is 4.54. The van der Waals surface area contributed by atoms with Crippen LogP contribution < -0.4 is 9.47 Å². The van der Waals surface area contributed by atoms with Gasteiger partial charge in [-0.15, -0.1) is 0 Å². The van der Waals surface area contributed by atoms with Gasteiger partial charge in [0, 0.05) is 19.2 Å². The van der Waals surface area contributed by atoms with Crippen LogP contribution in [0, 0.1) is 4.77 Å². The zero-order valence-corrected chi connectivity index (χ0v) is 13.0. The van der Waals surface area contributed by atoms with Crippen LogP contribution in [0.2, 0.25) is 0 Å². The molecular weight excluding hydrogens is 276 g/mol. The summed E-state index contributed by atoms with van der Waals surface area (Å²) in [5.74, 6) is 1.37. The Hall–Kier alpha value is -1.53. The number of ether oxygens (including phenoxy) is 3. The van der Waals surface area contributed by atoms with E-state index >= 15 is 0 Å². The summed E-state index contributed by atoms with van der Waals surface area (Å²) in [6.07, 6.45) is 0.934.